The lowest BCUT2D eigenvalue weighted by Gasteiger charge is -2.36. The summed E-state index contributed by atoms with van der Waals surface area (Å²) in [5.41, 5.74) is 0. The number of rotatable bonds is 5. The molecule has 0 spiro atoms. The minimum atomic E-state index is -0.738. The Morgan fingerprint density at radius 1 is 1.69 bits per heavy atom. The van der Waals surface area contributed by atoms with E-state index < -0.39 is 5.97 Å². The summed E-state index contributed by atoms with van der Waals surface area (Å²) in [5.74, 6) is 0.0459. The van der Waals surface area contributed by atoms with Gasteiger partial charge in [0.25, 0.3) is 0 Å². The predicted octanol–water partition coefficient (Wildman–Crippen LogP) is 2.65. The number of hydrogen-bond acceptors (Lipinski definition) is 3. The van der Waals surface area contributed by atoms with E-state index in [4.69, 9.17) is 5.11 Å². The first-order valence-electron chi connectivity index (χ1n) is 5.66. The van der Waals surface area contributed by atoms with Crippen LogP contribution in [0.15, 0.2) is 17.5 Å². The minimum absolute atomic E-state index is 0.0185. The molecule has 1 fully saturated rings. The zero-order valence-electron chi connectivity index (χ0n) is 9.35. The van der Waals surface area contributed by atoms with Crippen LogP contribution < -0.4 is 5.32 Å². The van der Waals surface area contributed by atoms with Crippen molar-refractivity contribution in [3.05, 3.63) is 22.4 Å². The number of aliphatic carboxylic acids is 1. The molecule has 0 aliphatic heterocycles. The fourth-order valence-corrected chi connectivity index (χ4v) is 3.02. The molecule has 4 heteroatoms. The van der Waals surface area contributed by atoms with E-state index in [1.165, 1.54) is 12.8 Å². The van der Waals surface area contributed by atoms with Gasteiger partial charge in [0, 0.05) is 10.9 Å². The number of carbonyl (C=O) groups is 1. The number of thiophene rings is 1. The average molecular weight is 239 g/mol. The van der Waals surface area contributed by atoms with Crippen LogP contribution in [0.2, 0.25) is 0 Å². The summed E-state index contributed by atoms with van der Waals surface area (Å²) in [6.07, 6.45) is 2.51. The van der Waals surface area contributed by atoms with Gasteiger partial charge in [0.2, 0.25) is 0 Å². The highest BCUT2D eigenvalue weighted by atomic mass is 32.1. The van der Waals surface area contributed by atoms with Crippen molar-refractivity contribution >= 4 is 17.3 Å². The molecule has 0 amide bonds. The SMILES string of the molecule is CC1CC(NC(CC(=O)O)c2cccs2)C1. The number of nitrogens with one attached hydrogen (secondary N) is 1. The van der Waals surface area contributed by atoms with E-state index in [0.29, 0.717) is 6.04 Å². The number of hydrogen-bond donors (Lipinski definition) is 2. The van der Waals surface area contributed by atoms with Crippen LogP contribution in [0, 0.1) is 5.92 Å². The lowest BCUT2D eigenvalue weighted by atomic mass is 9.81. The Morgan fingerprint density at radius 3 is 2.94 bits per heavy atom. The molecule has 16 heavy (non-hydrogen) atoms. The topological polar surface area (TPSA) is 49.3 Å². The number of carboxylic acid groups (broad SMARTS) is 1. The highest BCUT2D eigenvalue weighted by molar-refractivity contribution is 7.10. The smallest absolute Gasteiger partial charge is 0.305 e. The second-order valence-electron chi connectivity index (χ2n) is 4.61. The van der Waals surface area contributed by atoms with Gasteiger partial charge in [-0.2, -0.15) is 0 Å². The van der Waals surface area contributed by atoms with Crippen LogP contribution in [0.3, 0.4) is 0 Å². The van der Waals surface area contributed by atoms with Gasteiger partial charge < -0.3 is 10.4 Å². The summed E-state index contributed by atoms with van der Waals surface area (Å²) in [5, 5.41) is 14.3. The van der Waals surface area contributed by atoms with Gasteiger partial charge in [-0.3, -0.25) is 4.79 Å². The molecule has 1 aliphatic rings. The molecular weight excluding hydrogens is 222 g/mol. The van der Waals surface area contributed by atoms with E-state index >= 15 is 0 Å². The van der Waals surface area contributed by atoms with E-state index in [0.717, 1.165) is 10.8 Å². The van der Waals surface area contributed by atoms with Crippen molar-refractivity contribution in [2.75, 3.05) is 0 Å². The molecule has 2 rings (SSSR count). The molecule has 0 bridgehead atoms. The van der Waals surface area contributed by atoms with Gasteiger partial charge in [-0.05, 0) is 30.2 Å². The van der Waals surface area contributed by atoms with E-state index in [1.807, 2.05) is 17.5 Å². The van der Waals surface area contributed by atoms with Crippen molar-refractivity contribution in [3.8, 4) is 0 Å². The maximum Gasteiger partial charge on any atom is 0.305 e. The molecule has 1 aromatic rings. The first-order valence-corrected chi connectivity index (χ1v) is 6.54. The van der Waals surface area contributed by atoms with E-state index in [2.05, 4.69) is 12.2 Å². The molecule has 0 radical (unpaired) electrons. The summed E-state index contributed by atoms with van der Waals surface area (Å²) in [6.45, 7) is 2.23. The van der Waals surface area contributed by atoms with Crippen LogP contribution in [0.5, 0.6) is 0 Å². The minimum Gasteiger partial charge on any atom is -0.481 e. The molecule has 1 heterocycles. The summed E-state index contributed by atoms with van der Waals surface area (Å²) in [7, 11) is 0. The highest BCUT2D eigenvalue weighted by Gasteiger charge is 2.28. The van der Waals surface area contributed by atoms with Crippen molar-refractivity contribution in [2.45, 2.75) is 38.3 Å². The van der Waals surface area contributed by atoms with Crippen LogP contribution in [0.25, 0.3) is 0 Å². The zero-order chi connectivity index (χ0) is 11.5. The quantitative estimate of drug-likeness (QED) is 0.830. The third kappa shape index (κ3) is 2.83. The Balaban J connectivity index is 1.95. The predicted molar refractivity (Wildman–Crippen MR) is 64.6 cm³/mol. The second kappa shape index (κ2) is 4.97. The molecule has 1 saturated carbocycles. The van der Waals surface area contributed by atoms with Gasteiger partial charge in [0.05, 0.1) is 12.5 Å². The summed E-state index contributed by atoms with van der Waals surface area (Å²) in [4.78, 5) is 11.9. The van der Waals surface area contributed by atoms with Gasteiger partial charge in [-0.15, -0.1) is 11.3 Å². The zero-order valence-corrected chi connectivity index (χ0v) is 10.2. The summed E-state index contributed by atoms with van der Waals surface area (Å²) in [6, 6.07) is 4.46. The van der Waals surface area contributed by atoms with Gasteiger partial charge in [-0.25, -0.2) is 0 Å². The van der Waals surface area contributed by atoms with Crippen molar-refractivity contribution < 1.29 is 9.90 Å². The molecular formula is C12H17NO2S. The molecule has 2 N–H and O–H groups in total. The second-order valence-corrected chi connectivity index (χ2v) is 5.59. The van der Waals surface area contributed by atoms with Crippen molar-refractivity contribution in [1.29, 1.82) is 0 Å². The molecule has 88 valence electrons. The van der Waals surface area contributed by atoms with Crippen LogP contribution >= 0.6 is 11.3 Å². The fourth-order valence-electron chi connectivity index (χ4n) is 2.23. The molecule has 0 aromatic carbocycles. The van der Waals surface area contributed by atoms with Gasteiger partial charge in [0.1, 0.15) is 0 Å². The Bertz CT molecular complexity index is 344. The third-order valence-electron chi connectivity index (χ3n) is 3.08. The normalized spacial score (nSPS) is 26.1. The standard InChI is InChI=1S/C12H17NO2S/c1-8-5-9(6-8)13-10(7-12(14)15)11-3-2-4-16-11/h2-4,8-10,13H,5-7H2,1H3,(H,14,15). The van der Waals surface area contributed by atoms with Crippen LogP contribution in [-0.4, -0.2) is 17.1 Å². The lowest BCUT2D eigenvalue weighted by molar-refractivity contribution is -0.137. The van der Waals surface area contributed by atoms with Gasteiger partial charge in [-0.1, -0.05) is 13.0 Å². The Hall–Kier alpha value is -0.870. The summed E-state index contributed by atoms with van der Waals surface area (Å²) < 4.78 is 0. The molecule has 1 aromatic heterocycles. The summed E-state index contributed by atoms with van der Waals surface area (Å²) >= 11 is 1.62. The molecule has 0 saturated heterocycles. The average Bonchev–Trinajstić information content (AvgIpc) is 2.65. The fraction of sp³-hybridized carbons (Fsp3) is 0.583. The largest absolute Gasteiger partial charge is 0.481 e. The highest BCUT2D eigenvalue weighted by Crippen LogP contribution is 2.30. The molecule has 3 nitrogen and oxygen atoms in total. The van der Waals surface area contributed by atoms with Gasteiger partial charge >= 0.3 is 5.97 Å². The van der Waals surface area contributed by atoms with Crippen LogP contribution in [0.1, 0.15) is 37.1 Å². The van der Waals surface area contributed by atoms with E-state index in [9.17, 15) is 4.79 Å². The number of carboxylic acids is 1. The van der Waals surface area contributed by atoms with E-state index in [-0.39, 0.29) is 12.5 Å². The van der Waals surface area contributed by atoms with Crippen LogP contribution in [0.4, 0.5) is 0 Å². The van der Waals surface area contributed by atoms with Crippen molar-refractivity contribution in [2.24, 2.45) is 5.92 Å². The maximum atomic E-state index is 10.8. The third-order valence-corrected chi connectivity index (χ3v) is 4.06. The molecule has 1 unspecified atom stereocenters. The van der Waals surface area contributed by atoms with Crippen molar-refractivity contribution in [3.63, 3.8) is 0 Å². The van der Waals surface area contributed by atoms with Crippen molar-refractivity contribution in [1.82, 2.24) is 5.32 Å². The van der Waals surface area contributed by atoms with E-state index in [1.54, 1.807) is 11.3 Å². The first-order chi connectivity index (χ1) is 7.65. The lowest BCUT2D eigenvalue weighted by Crippen LogP contribution is -2.42. The Morgan fingerprint density at radius 2 is 2.44 bits per heavy atom. The van der Waals surface area contributed by atoms with Gasteiger partial charge in [0.15, 0.2) is 0 Å². The molecule has 1 aliphatic carbocycles. The van der Waals surface area contributed by atoms with Crippen LogP contribution in [-0.2, 0) is 4.79 Å². The first kappa shape index (κ1) is 11.6. The Labute approximate surface area is 99.5 Å². The molecule has 1 atom stereocenters. The Kier molecular flexibility index (Phi) is 3.61. The monoisotopic (exact) mass is 239 g/mol. The maximum absolute atomic E-state index is 10.8.